The van der Waals surface area contributed by atoms with E-state index in [1.165, 1.54) is 12.8 Å². The maximum absolute atomic E-state index is 5.23. The molecule has 0 aromatic rings. The van der Waals surface area contributed by atoms with E-state index in [0.717, 1.165) is 36.9 Å². The quantitative estimate of drug-likeness (QED) is 0.518. The Kier molecular flexibility index (Phi) is 1.19. The van der Waals surface area contributed by atoms with Crippen molar-refractivity contribution in [1.29, 1.82) is 0 Å². The number of hydrogen-bond donors (Lipinski definition) is 0. The van der Waals surface area contributed by atoms with Gasteiger partial charge in [0, 0.05) is 5.92 Å². The lowest BCUT2D eigenvalue weighted by molar-refractivity contribution is -0.0657. The van der Waals surface area contributed by atoms with Gasteiger partial charge in [0.2, 0.25) is 0 Å². The average molecular weight is 150 g/mol. The Labute approximate surface area is 67.4 Å². The molecule has 2 fully saturated rings. The van der Waals surface area contributed by atoms with Crippen molar-refractivity contribution in [1.82, 2.24) is 0 Å². The number of hydrogen-bond acceptors (Lipinski definition) is 1. The summed E-state index contributed by atoms with van der Waals surface area (Å²) in [5.41, 5.74) is 0. The van der Waals surface area contributed by atoms with Gasteiger partial charge in [0.05, 0.1) is 13.2 Å². The maximum atomic E-state index is 5.23. The lowest BCUT2D eigenvalue weighted by Gasteiger charge is -2.34. The summed E-state index contributed by atoms with van der Waals surface area (Å²) in [6, 6.07) is 0. The lowest BCUT2D eigenvalue weighted by atomic mass is 9.81. The second-order valence-electron chi connectivity index (χ2n) is 4.24. The van der Waals surface area contributed by atoms with Crippen molar-refractivity contribution < 1.29 is 4.74 Å². The highest BCUT2D eigenvalue weighted by molar-refractivity contribution is 5.11. The summed E-state index contributed by atoms with van der Waals surface area (Å²) in [7, 11) is 0. The molecule has 0 radical (unpaired) electrons. The topological polar surface area (TPSA) is 9.23 Å². The van der Waals surface area contributed by atoms with Crippen LogP contribution in [-0.2, 0) is 4.74 Å². The van der Waals surface area contributed by atoms with E-state index in [-0.39, 0.29) is 0 Å². The summed E-state index contributed by atoms with van der Waals surface area (Å²) >= 11 is 0. The molecule has 0 aromatic heterocycles. The van der Waals surface area contributed by atoms with E-state index in [1.54, 1.807) is 0 Å². The summed E-state index contributed by atoms with van der Waals surface area (Å²) < 4.78 is 5.23. The standard InChI is InChI=1S/C10H14O/c1-2-8-3-7(1)4-10(8)9-5-11-6-9/h1-2,7-10H,3-6H2. The minimum Gasteiger partial charge on any atom is -0.381 e. The SMILES string of the molecule is C1=CC2CC1CC2C1COC1. The first kappa shape index (κ1) is 6.24. The fourth-order valence-corrected chi connectivity index (χ4v) is 2.87. The van der Waals surface area contributed by atoms with Gasteiger partial charge in [0.1, 0.15) is 0 Å². The second kappa shape index (κ2) is 2.10. The first-order chi connectivity index (χ1) is 5.43. The summed E-state index contributed by atoms with van der Waals surface area (Å²) in [4.78, 5) is 0. The molecule has 3 atom stereocenters. The molecule has 0 spiro atoms. The van der Waals surface area contributed by atoms with Crippen LogP contribution in [0.25, 0.3) is 0 Å². The highest BCUT2D eigenvalue weighted by Crippen LogP contribution is 2.48. The molecule has 1 saturated carbocycles. The highest BCUT2D eigenvalue weighted by atomic mass is 16.5. The van der Waals surface area contributed by atoms with Crippen LogP contribution in [0.3, 0.4) is 0 Å². The van der Waals surface area contributed by atoms with E-state index < -0.39 is 0 Å². The Hall–Kier alpha value is -0.300. The molecule has 0 amide bonds. The van der Waals surface area contributed by atoms with Crippen LogP contribution >= 0.6 is 0 Å². The number of rotatable bonds is 1. The van der Waals surface area contributed by atoms with Crippen molar-refractivity contribution in [2.24, 2.45) is 23.7 Å². The van der Waals surface area contributed by atoms with Gasteiger partial charge < -0.3 is 4.74 Å². The molecule has 2 aliphatic carbocycles. The van der Waals surface area contributed by atoms with Crippen LogP contribution in [0.2, 0.25) is 0 Å². The largest absolute Gasteiger partial charge is 0.381 e. The maximum Gasteiger partial charge on any atom is 0.0519 e. The van der Waals surface area contributed by atoms with Gasteiger partial charge in [0.15, 0.2) is 0 Å². The molecule has 0 aromatic carbocycles. The summed E-state index contributed by atoms with van der Waals surface area (Å²) in [5, 5.41) is 0. The van der Waals surface area contributed by atoms with Crippen molar-refractivity contribution in [3.8, 4) is 0 Å². The van der Waals surface area contributed by atoms with Gasteiger partial charge in [-0.05, 0) is 30.6 Å². The normalized spacial score (nSPS) is 48.2. The molecule has 3 unspecified atom stereocenters. The molecule has 60 valence electrons. The highest BCUT2D eigenvalue weighted by Gasteiger charge is 2.42. The predicted molar refractivity (Wildman–Crippen MR) is 43.2 cm³/mol. The Morgan fingerprint density at radius 3 is 2.45 bits per heavy atom. The molecule has 2 bridgehead atoms. The van der Waals surface area contributed by atoms with Crippen LogP contribution in [0, 0.1) is 23.7 Å². The molecular weight excluding hydrogens is 136 g/mol. The van der Waals surface area contributed by atoms with Gasteiger partial charge in [-0.3, -0.25) is 0 Å². The van der Waals surface area contributed by atoms with E-state index in [9.17, 15) is 0 Å². The summed E-state index contributed by atoms with van der Waals surface area (Å²) in [6.45, 7) is 2.09. The third kappa shape index (κ3) is 0.807. The van der Waals surface area contributed by atoms with Gasteiger partial charge in [-0.15, -0.1) is 0 Å². The van der Waals surface area contributed by atoms with Gasteiger partial charge in [-0.25, -0.2) is 0 Å². The predicted octanol–water partition coefficient (Wildman–Crippen LogP) is 1.84. The van der Waals surface area contributed by atoms with Crippen molar-refractivity contribution in [3.05, 3.63) is 12.2 Å². The van der Waals surface area contributed by atoms with E-state index in [0.29, 0.717) is 0 Å². The molecular formula is C10H14O. The Bertz CT molecular complexity index is 193. The molecule has 0 N–H and O–H groups in total. The van der Waals surface area contributed by atoms with Crippen LogP contribution in [0.4, 0.5) is 0 Å². The fourth-order valence-electron chi connectivity index (χ4n) is 2.87. The number of fused-ring (bicyclic) bond motifs is 2. The van der Waals surface area contributed by atoms with Gasteiger partial charge in [-0.1, -0.05) is 12.2 Å². The average Bonchev–Trinajstić information content (AvgIpc) is 2.42. The van der Waals surface area contributed by atoms with Crippen molar-refractivity contribution in [2.75, 3.05) is 13.2 Å². The number of allylic oxidation sites excluding steroid dienone is 2. The molecule has 1 aliphatic heterocycles. The van der Waals surface area contributed by atoms with E-state index in [4.69, 9.17) is 4.74 Å². The third-order valence-electron chi connectivity index (χ3n) is 3.60. The van der Waals surface area contributed by atoms with Gasteiger partial charge in [0.25, 0.3) is 0 Å². The first-order valence-electron chi connectivity index (χ1n) is 4.69. The molecule has 1 heterocycles. The monoisotopic (exact) mass is 150 g/mol. The summed E-state index contributed by atoms with van der Waals surface area (Å²) in [6.07, 6.45) is 7.76. The minimum atomic E-state index is 0.912. The molecule has 11 heavy (non-hydrogen) atoms. The zero-order valence-electron chi connectivity index (χ0n) is 6.70. The molecule has 3 rings (SSSR count). The first-order valence-corrected chi connectivity index (χ1v) is 4.69. The van der Waals surface area contributed by atoms with Crippen LogP contribution in [0.5, 0.6) is 0 Å². The van der Waals surface area contributed by atoms with Crippen LogP contribution in [0.15, 0.2) is 12.2 Å². The Morgan fingerprint density at radius 2 is 2.00 bits per heavy atom. The zero-order valence-corrected chi connectivity index (χ0v) is 6.70. The van der Waals surface area contributed by atoms with Crippen molar-refractivity contribution in [2.45, 2.75) is 12.8 Å². The fraction of sp³-hybridized carbons (Fsp3) is 0.800. The Morgan fingerprint density at radius 1 is 1.09 bits per heavy atom. The van der Waals surface area contributed by atoms with Gasteiger partial charge >= 0.3 is 0 Å². The minimum absolute atomic E-state index is 0.912. The molecule has 1 nitrogen and oxygen atoms in total. The van der Waals surface area contributed by atoms with Crippen molar-refractivity contribution in [3.63, 3.8) is 0 Å². The van der Waals surface area contributed by atoms with Crippen LogP contribution in [0.1, 0.15) is 12.8 Å². The van der Waals surface area contributed by atoms with E-state index in [2.05, 4.69) is 12.2 Å². The molecule has 1 heteroatoms. The zero-order chi connectivity index (χ0) is 7.26. The Balaban J connectivity index is 1.75. The number of ether oxygens (including phenoxy) is 1. The molecule has 1 saturated heterocycles. The lowest BCUT2D eigenvalue weighted by Crippen LogP contribution is -2.36. The van der Waals surface area contributed by atoms with E-state index >= 15 is 0 Å². The molecule has 3 aliphatic rings. The second-order valence-corrected chi connectivity index (χ2v) is 4.24. The van der Waals surface area contributed by atoms with Crippen molar-refractivity contribution >= 4 is 0 Å². The van der Waals surface area contributed by atoms with Gasteiger partial charge in [-0.2, -0.15) is 0 Å². The smallest absolute Gasteiger partial charge is 0.0519 e. The van der Waals surface area contributed by atoms with Crippen LogP contribution in [-0.4, -0.2) is 13.2 Å². The van der Waals surface area contributed by atoms with Crippen LogP contribution < -0.4 is 0 Å². The summed E-state index contributed by atoms with van der Waals surface area (Å²) in [5.74, 6) is 3.76. The third-order valence-corrected chi connectivity index (χ3v) is 3.60. The van der Waals surface area contributed by atoms with E-state index in [1.807, 2.05) is 0 Å².